The molecule has 0 radical (unpaired) electrons. The number of phosphoric acid groups is 1. The summed E-state index contributed by atoms with van der Waals surface area (Å²) in [6.45, 7) is 3.31. The Kier molecular flexibility index (Phi) is 38.5. The van der Waals surface area contributed by atoms with E-state index in [-0.39, 0.29) is 12.8 Å². The van der Waals surface area contributed by atoms with Gasteiger partial charge >= 0.3 is 19.8 Å². The Morgan fingerprint density at radius 1 is 0.469 bits per heavy atom. The van der Waals surface area contributed by atoms with Crippen molar-refractivity contribution in [2.45, 2.75) is 281 Å². The first-order valence-electron chi connectivity index (χ1n) is 26.0. The second-order valence-electron chi connectivity index (χ2n) is 18.4. The van der Waals surface area contributed by atoms with Crippen LogP contribution in [0, 0.1) is 0 Å². The van der Waals surface area contributed by atoms with E-state index in [4.69, 9.17) is 18.5 Å². The third-order valence-corrected chi connectivity index (χ3v) is 13.3. The smallest absolute Gasteiger partial charge is 0.462 e. The maximum atomic E-state index is 12.8. The molecule has 0 spiro atoms. The van der Waals surface area contributed by atoms with Gasteiger partial charge in [-0.15, -0.1) is 0 Å². The Hall–Kier alpha value is -1.41. The number of aliphatic hydroxyl groups is 5. The zero-order valence-corrected chi connectivity index (χ0v) is 41.2. The molecule has 0 aromatic heterocycles. The van der Waals surface area contributed by atoms with E-state index >= 15 is 0 Å². The number of ether oxygens (including phenoxy) is 2. The first kappa shape index (κ1) is 60.6. The molecular formula is C50H95O13P. The summed E-state index contributed by atoms with van der Waals surface area (Å²) in [6.07, 6.45) is 31.2. The van der Waals surface area contributed by atoms with Gasteiger partial charge in [0.2, 0.25) is 0 Å². The summed E-state index contributed by atoms with van der Waals surface area (Å²) in [5, 5.41) is 50.2. The summed E-state index contributed by atoms with van der Waals surface area (Å²) >= 11 is 0. The van der Waals surface area contributed by atoms with Crippen LogP contribution in [0.5, 0.6) is 0 Å². The van der Waals surface area contributed by atoms with Gasteiger partial charge in [-0.25, -0.2) is 4.57 Å². The lowest BCUT2D eigenvalue weighted by molar-refractivity contribution is -0.220. The molecule has 6 N–H and O–H groups in total. The van der Waals surface area contributed by atoms with Gasteiger partial charge in [0.05, 0.1) is 6.61 Å². The fourth-order valence-electron chi connectivity index (χ4n) is 8.15. The zero-order valence-electron chi connectivity index (χ0n) is 40.3. The normalized spacial score (nSPS) is 21.6. The van der Waals surface area contributed by atoms with Gasteiger partial charge in [-0.2, -0.15) is 0 Å². The Bertz CT molecular complexity index is 1170. The number of carbonyl (C=O) groups excluding carboxylic acids is 2. The summed E-state index contributed by atoms with van der Waals surface area (Å²) in [7, 11) is -5.12. The van der Waals surface area contributed by atoms with Gasteiger partial charge in [0.1, 0.15) is 43.2 Å². The van der Waals surface area contributed by atoms with Crippen LogP contribution < -0.4 is 0 Å². The summed E-state index contributed by atoms with van der Waals surface area (Å²) < 4.78 is 33.6. The lowest BCUT2D eigenvalue weighted by atomic mass is 9.85. The number of carbonyl (C=O) groups is 2. The van der Waals surface area contributed by atoms with Crippen LogP contribution in [0.1, 0.15) is 239 Å². The number of hydrogen-bond acceptors (Lipinski definition) is 12. The fourth-order valence-corrected chi connectivity index (χ4v) is 9.13. The van der Waals surface area contributed by atoms with Crippen molar-refractivity contribution in [1.82, 2.24) is 0 Å². The van der Waals surface area contributed by atoms with Crippen LogP contribution in [0.4, 0.5) is 0 Å². The molecule has 13 nitrogen and oxygen atoms in total. The molecule has 378 valence electrons. The molecule has 8 atom stereocenters. The second kappa shape index (κ2) is 40.6. The minimum Gasteiger partial charge on any atom is -0.462 e. The van der Waals surface area contributed by atoms with E-state index in [2.05, 4.69) is 26.0 Å². The van der Waals surface area contributed by atoms with Crippen molar-refractivity contribution in [3.63, 3.8) is 0 Å². The van der Waals surface area contributed by atoms with Crippen molar-refractivity contribution in [2.24, 2.45) is 0 Å². The highest BCUT2D eigenvalue weighted by atomic mass is 31.2. The molecule has 0 amide bonds. The summed E-state index contributed by atoms with van der Waals surface area (Å²) in [6, 6.07) is 0. The molecule has 1 fully saturated rings. The van der Waals surface area contributed by atoms with Gasteiger partial charge < -0.3 is 39.9 Å². The topological polar surface area (TPSA) is 210 Å². The predicted octanol–water partition coefficient (Wildman–Crippen LogP) is 11.0. The van der Waals surface area contributed by atoms with Gasteiger partial charge in [0, 0.05) is 12.8 Å². The van der Waals surface area contributed by atoms with E-state index in [0.717, 1.165) is 44.9 Å². The minimum atomic E-state index is -5.12. The van der Waals surface area contributed by atoms with E-state index in [0.29, 0.717) is 12.8 Å². The third kappa shape index (κ3) is 32.3. The molecule has 1 aliphatic carbocycles. The highest BCUT2D eigenvalue weighted by Gasteiger charge is 2.51. The van der Waals surface area contributed by atoms with Gasteiger partial charge in [-0.05, 0) is 32.1 Å². The second-order valence-corrected chi connectivity index (χ2v) is 19.8. The summed E-state index contributed by atoms with van der Waals surface area (Å²) in [4.78, 5) is 35.8. The molecule has 0 aromatic carbocycles. The van der Waals surface area contributed by atoms with Crippen molar-refractivity contribution in [2.75, 3.05) is 13.2 Å². The van der Waals surface area contributed by atoms with Crippen LogP contribution in [-0.4, -0.2) is 98.3 Å². The number of phosphoric ester groups is 1. The molecule has 0 bridgehead atoms. The molecule has 0 aliphatic heterocycles. The number of esters is 2. The monoisotopic (exact) mass is 935 g/mol. The number of unbranched alkanes of at least 4 members (excludes halogenated alkanes) is 30. The van der Waals surface area contributed by atoms with E-state index < -0.39 is 75.7 Å². The Morgan fingerprint density at radius 2 is 0.812 bits per heavy atom. The Balaban J connectivity index is 2.37. The predicted molar refractivity (Wildman–Crippen MR) is 254 cm³/mol. The third-order valence-electron chi connectivity index (χ3n) is 12.4. The van der Waals surface area contributed by atoms with Crippen molar-refractivity contribution < 1.29 is 63.1 Å². The molecule has 1 aliphatic rings. The summed E-state index contributed by atoms with van der Waals surface area (Å²) in [5.74, 6) is -1.09. The average Bonchev–Trinajstić information content (AvgIpc) is 3.28. The molecule has 14 heteroatoms. The van der Waals surface area contributed by atoms with Crippen LogP contribution in [0.25, 0.3) is 0 Å². The fraction of sp³-hybridized carbons (Fsp3) is 0.920. The van der Waals surface area contributed by atoms with E-state index in [1.54, 1.807) is 0 Å². The van der Waals surface area contributed by atoms with E-state index in [1.807, 2.05) is 0 Å². The lowest BCUT2D eigenvalue weighted by Gasteiger charge is -2.41. The van der Waals surface area contributed by atoms with Crippen LogP contribution in [0.2, 0.25) is 0 Å². The Morgan fingerprint density at radius 3 is 1.23 bits per heavy atom. The van der Waals surface area contributed by atoms with Crippen molar-refractivity contribution in [3.8, 4) is 0 Å². The van der Waals surface area contributed by atoms with Crippen molar-refractivity contribution in [3.05, 3.63) is 12.2 Å². The number of hydrogen-bond donors (Lipinski definition) is 6. The van der Waals surface area contributed by atoms with Crippen LogP contribution in [-0.2, 0) is 32.7 Å². The van der Waals surface area contributed by atoms with Crippen LogP contribution in [0.15, 0.2) is 12.2 Å². The Labute approximate surface area is 388 Å². The molecule has 1 rings (SSSR count). The standard InChI is InChI=1S/C50H95O13P/c1-3-5-7-9-11-13-15-17-19-20-21-22-23-25-27-29-31-33-35-37-39-44(52)62-42(41-61-64(58,59)63-50-48(56)46(54)45(53)47(55)49(50)57)40-60-43(51)38-36-34-32-30-28-26-24-18-16-14-12-10-8-6-4-2/h10,12,42,45-50,53-57H,3-9,11,13-41H2,1-2H3,(H,58,59)/b12-10+/t42-,45?,46-,47?,48?,49?,50?/m1/s1. The van der Waals surface area contributed by atoms with Crippen LogP contribution >= 0.6 is 7.82 Å². The number of allylic oxidation sites excluding steroid dienone is 2. The quantitative estimate of drug-likeness (QED) is 0.0146. The first-order valence-corrected chi connectivity index (χ1v) is 27.5. The van der Waals surface area contributed by atoms with Gasteiger partial charge in [-0.1, -0.05) is 206 Å². The van der Waals surface area contributed by atoms with Gasteiger partial charge in [0.15, 0.2) is 6.10 Å². The van der Waals surface area contributed by atoms with Gasteiger partial charge in [0.25, 0.3) is 0 Å². The average molecular weight is 935 g/mol. The van der Waals surface area contributed by atoms with Crippen LogP contribution in [0.3, 0.4) is 0 Å². The lowest BCUT2D eigenvalue weighted by Crippen LogP contribution is -2.64. The first-order chi connectivity index (χ1) is 30.9. The molecular weight excluding hydrogens is 840 g/mol. The molecule has 0 saturated heterocycles. The summed E-state index contributed by atoms with van der Waals surface area (Å²) in [5.41, 5.74) is 0. The SMILES string of the molecule is CCCC/C=C/CCCCCCCCCCCC(=O)OC[C@H](COP(=O)(O)OC1C(O)C(O)C(O)[C@@H](O)C1O)OC(=O)CCCCCCCCCCCCCCCCCCCCCC. The van der Waals surface area contributed by atoms with Crippen molar-refractivity contribution >= 4 is 19.8 Å². The molecule has 1 saturated carbocycles. The van der Waals surface area contributed by atoms with Crippen molar-refractivity contribution in [1.29, 1.82) is 0 Å². The highest BCUT2D eigenvalue weighted by molar-refractivity contribution is 7.47. The highest BCUT2D eigenvalue weighted by Crippen LogP contribution is 2.47. The molecule has 64 heavy (non-hydrogen) atoms. The van der Waals surface area contributed by atoms with E-state index in [9.17, 15) is 44.6 Å². The maximum absolute atomic E-state index is 12.8. The minimum absolute atomic E-state index is 0.103. The molecule has 0 heterocycles. The number of aliphatic hydroxyl groups excluding tert-OH is 5. The zero-order chi connectivity index (χ0) is 47.1. The molecule has 6 unspecified atom stereocenters. The van der Waals surface area contributed by atoms with E-state index in [1.165, 1.54) is 154 Å². The number of rotatable bonds is 44. The molecule has 0 aromatic rings. The largest absolute Gasteiger partial charge is 0.472 e. The van der Waals surface area contributed by atoms with Gasteiger partial charge in [-0.3, -0.25) is 18.6 Å². The maximum Gasteiger partial charge on any atom is 0.472 e.